The normalized spacial score (nSPS) is 27.7. The summed E-state index contributed by atoms with van der Waals surface area (Å²) in [5.74, 6) is 2.23. The van der Waals surface area contributed by atoms with Crippen molar-refractivity contribution in [2.45, 2.75) is 43.5 Å². The van der Waals surface area contributed by atoms with E-state index in [2.05, 4.69) is 27.4 Å². The summed E-state index contributed by atoms with van der Waals surface area (Å²) in [7, 11) is 1.83. The minimum atomic E-state index is 0. The molecule has 0 saturated carbocycles. The summed E-state index contributed by atoms with van der Waals surface area (Å²) in [5.41, 5.74) is 0. The molecule has 0 aromatic rings. The molecule has 0 aromatic heterocycles. The maximum absolute atomic E-state index is 5.70. The van der Waals surface area contributed by atoms with Crippen LogP contribution in [-0.2, 0) is 4.74 Å². The molecule has 2 aliphatic heterocycles. The minimum absolute atomic E-state index is 0. The largest absolute Gasteiger partial charge is 0.376 e. The van der Waals surface area contributed by atoms with E-state index in [4.69, 9.17) is 4.74 Å². The van der Waals surface area contributed by atoms with Crippen molar-refractivity contribution in [1.82, 2.24) is 10.6 Å². The van der Waals surface area contributed by atoms with Crippen LogP contribution in [0.4, 0.5) is 0 Å². The molecule has 2 N–H and O–H groups in total. The third-order valence-electron chi connectivity index (χ3n) is 3.52. The molecule has 2 rings (SSSR count). The first kappa shape index (κ1) is 17.4. The zero-order valence-electron chi connectivity index (χ0n) is 11.7. The Kier molecular flexibility index (Phi) is 9.23. The fraction of sp³-hybridized carbons (Fsp3) is 0.923. The Hall–Kier alpha value is 0.310. The third-order valence-corrected chi connectivity index (χ3v) is 4.91. The number of halogens is 1. The van der Waals surface area contributed by atoms with Crippen molar-refractivity contribution in [3.63, 3.8) is 0 Å². The molecule has 2 aliphatic rings. The van der Waals surface area contributed by atoms with E-state index in [-0.39, 0.29) is 24.0 Å². The molecule has 2 saturated heterocycles. The van der Waals surface area contributed by atoms with Crippen molar-refractivity contribution in [2.75, 3.05) is 32.5 Å². The van der Waals surface area contributed by atoms with E-state index in [1.165, 1.54) is 37.9 Å². The molecule has 19 heavy (non-hydrogen) atoms. The lowest BCUT2D eigenvalue weighted by atomic mass is 10.1. The molecule has 2 unspecified atom stereocenters. The second-order valence-electron chi connectivity index (χ2n) is 4.96. The molecule has 0 aromatic carbocycles. The number of hydrogen-bond donors (Lipinski definition) is 2. The van der Waals surface area contributed by atoms with Crippen molar-refractivity contribution in [3.8, 4) is 0 Å². The van der Waals surface area contributed by atoms with Crippen LogP contribution in [0, 0.1) is 0 Å². The molecule has 0 spiro atoms. The van der Waals surface area contributed by atoms with Crippen LogP contribution in [0.1, 0.15) is 32.1 Å². The van der Waals surface area contributed by atoms with Gasteiger partial charge in [0, 0.05) is 32.0 Å². The number of rotatable bonds is 4. The van der Waals surface area contributed by atoms with Gasteiger partial charge in [-0.25, -0.2) is 0 Å². The predicted molar refractivity (Wildman–Crippen MR) is 93.9 cm³/mol. The van der Waals surface area contributed by atoms with Gasteiger partial charge in [-0.3, -0.25) is 4.99 Å². The van der Waals surface area contributed by atoms with E-state index in [0.29, 0.717) is 6.10 Å². The van der Waals surface area contributed by atoms with Gasteiger partial charge in [0.2, 0.25) is 0 Å². The maximum atomic E-state index is 5.70. The monoisotopic (exact) mass is 399 g/mol. The lowest BCUT2D eigenvalue weighted by Gasteiger charge is -2.24. The second kappa shape index (κ2) is 10.1. The summed E-state index contributed by atoms with van der Waals surface area (Å²) < 4.78 is 5.70. The highest BCUT2D eigenvalue weighted by atomic mass is 127. The van der Waals surface area contributed by atoms with Crippen LogP contribution in [0.5, 0.6) is 0 Å². The van der Waals surface area contributed by atoms with E-state index in [1.807, 2.05) is 7.05 Å². The van der Waals surface area contributed by atoms with Gasteiger partial charge in [-0.2, -0.15) is 11.8 Å². The molecule has 0 bridgehead atoms. The molecular formula is C13H26IN3OS. The summed E-state index contributed by atoms with van der Waals surface area (Å²) >= 11 is 2.07. The summed E-state index contributed by atoms with van der Waals surface area (Å²) in [6, 6.07) is 0. The first-order valence-corrected chi connectivity index (χ1v) is 8.11. The lowest BCUT2D eigenvalue weighted by molar-refractivity contribution is 0.0194. The number of aliphatic imine (C=N–C) groups is 1. The summed E-state index contributed by atoms with van der Waals surface area (Å²) in [4.78, 5) is 4.26. The van der Waals surface area contributed by atoms with Crippen LogP contribution in [-0.4, -0.2) is 49.8 Å². The molecule has 112 valence electrons. The van der Waals surface area contributed by atoms with Crippen LogP contribution in [0.2, 0.25) is 0 Å². The van der Waals surface area contributed by atoms with Crippen molar-refractivity contribution in [2.24, 2.45) is 4.99 Å². The first-order valence-electron chi connectivity index (χ1n) is 7.06. The highest BCUT2D eigenvalue weighted by molar-refractivity contribution is 14.0. The Balaban J connectivity index is 0.00000180. The van der Waals surface area contributed by atoms with Crippen LogP contribution < -0.4 is 10.6 Å². The molecule has 0 aliphatic carbocycles. The Labute approximate surface area is 137 Å². The van der Waals surface area contributed by atoms with Gasteiger partial charge in [0.05, 0.1) is 6.10 Å². The number of nitrogens with zero attached hydrogens (tertiary/aromatic N) is 1. The fourth-order valence-corrected chi connectivity index (χ4v) is 3.62. The zero-order valence-corrected chi connectivity index (χ0v) is 14.8. The summed E-state index contributed by atoms with van der Waals surface area (Å²) in [6.45, 7) is 2.81. The van der Waals surface area contributed by atoms with Crippen molar-refractivity contribution < 1.29 is 4.74 Å². The van der Waals surface area contributed by atoms with E-state index in [1.54, 1.807) is 0 Å². The number of thioether (sulfide) groups is 1. The highest BCUT2D eigenvalue weighted by Gasteiger charge is 2.17. The lowest BCUT2D eigenvalue weighted by Crippen LogP contribution is -2.44. The SMILES string of the molecule is CN=C(NCC1CCCCO1)NCC1CCCS1.I. The van der Waals surface area contributed by atoms with Gasteiger partial charge >= 0.3 is 0 Å². The smallest absolute Gasteiger partial charge is 0.191 e. The predicted octanol–water partition coefficient (Wildman–Crippen LogP) is 2.23. The van der Waals surface area contributed by atoms with Gasteiger partial charge in [0.1, 0.15) is 0 Å². The van der Waals surface area contributed by atoms with Gasteiger partial charge in [-0.15, -0.1) is 24.0 Å². The standard InChI is InChI=1S/C13H25N3OS.HI/c1-14-13(16-10-12-6-4-8-18-12)15-9-11-5-2-3-7-17-11;/h11-12H,2-10H2,1H3,(H2,14,15,16);1H. The van der Waals surface area contributed by atoms with Crippen molar-refractivity contribution in [1.29, 1.82) is 0 Å². The molecule has 2 heterocycles. The molecule has 4 nitrogen and oxygen atoms in total. The molecule has 0 amide bonds. The van der Waals surface area contributed by atoms with Gasteiger partial charge in [0.25, 0.3) is 0 Å². The molecule has 0 radical (unpaired) electrons. The van der Waals surface area contributed by atoms with Crippen LogP contribution in [0.3, 0.4) is 0 Å². The first-order chi connectivity index (χ1) is 8.88. The average Bonchev–Trinajstić information content (AvgIpc) is 2.93. The minimum Gasteiger partial charge on any atom is -0.376 e. The molecular weight excluding hydrogens is 373 g/mol. The third kappa shape index (κ3) is 6.53. The zero-order chi connectivity index (χ0) is 12.6. The fourth-order valence-electron chi connectivity index (χ4n) is 2.42. The van der Waals surface area contributed by atoms with Gasteiger partial charge < -0.3 is 15.4 Å². The quantitative estimate of drug-likeness (QED) is 0.433. The van der Waals surface area contributed by atoms with E-state index in [0.717, 1.165) is 30.9 Å². The summed E-state index contributed by atoms with van der Waals surface area (Å²) in [5, 5.41) is 7.54. The van der Waals surface area contributed by atoms with Crippen molar-refractivity contribution in [3.05, 3.63) is 0 Å². The second-order valence-corrected chi connectivity index (χ2v) is 6.37. The Morgan fingerprint density at radius 1 is 1.21 bits per heavy atom. The maximum Gasteiger partial charge on any atom is 0.191 e. The van der Waals surface area contributed by atoms with Gasteiger partial charge in [-0.1, -0.05) is 0 Å². The number of guanidine groups is 1. The van der Waals surface area contributed by atoms with Gasteiger partial charge in [0.15, 0.2) is 5.96 Å². The number of hydrogen-bond acceptors (Lipinski definition) is 3. The van der Waals surface area contributed by atoms with E-state index < -0.39 is 0 Å². The van der Waals surface area contributed by atoms with E-state index in [9.17, 15) is 0 Å². The van der Waals surface area contributed by atoms with Crippen LogP contribution in [0.25, 0.3) is 0 Å². The highest BCUT2D eigenvalue weighted by Crippen LogP contribution is 2.25. The Morgan fingerprint density at radius 3 is 2.68 bits per heavy atom. The topological polar surface area (TPSA) is 45.7 Å². The summed E-state index contributed by atoms with van der Waals surface area (Å²) in [6.07, 6.45) is 6.72. The Bertz CT molecular complexity index is 267. The van der Waals surface area contributed by atoms with Crippen LogP contribution in [0.15, 0.2) is 4.99 Å². The molecule has 2 atom stereocenters. The van der Waals surface area contributed by atoms with E-state index >= 15 is 0 Å². The Morgan fingerprint density at radius 2 is 2.05 bits per heavy atom. The van der Waals surface area contributed by atoms with Crippen molar-refractivity contribution >= 4 is 41.7 Å². The van der Waals surface area contributed by atoms with Crippen LogP contribution >= 0.6 is 35.7 Å². The number of ether oxygens (including phenoxy) is 1. The molecule has 6 heteroatoms. The molecule has 2 fully saturated rings. The average molecular weight is 399 g/mol. The number of nitrogens with one attached hydrogen (secondary N) is 2. The van der Waals surface area contributed by atoms with Gasteiger partial charge in [-0.05, 0) is 37.9 Å².